The molecule has 1 saturated carbocycles. The Morgan fingerprint density at radius 1 is 1.41 bits per heavy atom. The van der Waals surface area contributed by atoms with Crippen LogP contribution >= 0.6 is 0 Å². The molecule has 0 radical (unpaired) electrons. The van der Waals surface area contributed by atoms with Gasteiger partial charge in [0.25, 0.3) is 0 Å². The molecule has 17 heavy (non-hydrogen) atoms. The summed E-state index contributed by atoms with van der Waals surface area (Å²) in [5.41, 5.74) is 0.743. The third kappa shape index (κ3) is 2.69. The highest BCUT2D eigenvalue weighted by atomic mass is 16.2. The smallest absolute Gasteiger partial charge is 0.240 e. The Bertz CT molecular complexity index is 359. The summed E-state index contributed by atoms with van der Waals surface area (Å²) >= 11 is 0. The summed E-state index contributed by atoms with van der Waals surface area (Å²) in [6.07, 6.45) is 10.3. The van der Waals surface area contributed by atoms with E-state index in [-0.39, 0.29) is 5.91 Å². The van der Waals surface area contributed by atoms with Crippen molar-refractivity contribution in [3.05, 3.63) is 11.6 Å². The minimum atomic E-state index is -0.718. The topological polar surface area (TPSA) is 52.9 Å². The van der Waals surface area contributed by atoms with Gasteiger partial charge in [-0.25, -0.2) is 0 Å². The summed E-state index contributed by atoms with van der Waals surface area (Å²) in [7, 11) is 0. The normalized spacial score (nSPS) is 21.9. The first-order chi connectivity index (χ1) is 8.27. The molecule has 1 fully saturated rings. The van der Waals surface area contributed by atoms with Gasteiger partial charge in [-0.2, -0.15) is 5.26 Å². The van der Waals surface area contributed by atoms with E-state index in [2.05, 4.69) is 17.5 Å². The van der Waals surface area contributed by atoms with Crippen molar-refractivity contribution >= 4 is 5.91 Å². The fraction of sp³-hybridized carbons (Fsp3) is 0.714. The van der Waals surface area contributed by atoms with Gasteiger partial charge in [0.05, 0.1) is 6.07 Å². The van der Waals surface area contributed by atoms with Crippen LogP contribution in [0.2, 0.25) is 0 Å². The summed E-state index contributed by atoms with van der Waals surface area (Å²) < 4.78 is 0. The second kappa shape index (κ2) is 5.35. The summed E-state index contributed by atoms with van der Waals surface area (Å²) in [5, 5.41) is 12.1. The van der Waals surface area contributed by atoms with Crippen LogP contribution in [0.4, 0.5) is 0 Å². The first-order valence-electron chi connectivity index (χ1n) is 6.64. The zero-order valence-electron chi connectivity index (χ0n) is 10.3. The molecule has 0 aliphatic heterocycles. The maximum atomic E-state index is 12.0. The number of nitrogens with zero attached hydrogens (tertiary/aromatic N) is 1. The molecule has 2 rings (SSSR count). The number of allylic oxidation sites excluding steroid dienone is 1. The highest BCUT2D eigenvalue weighted by molar-refractivity contribution is 5.85. The molecule has 2 aliphatic rings. The van der Waals surface area contributed by atoms with Crippen LogP contribution in [0.25, 0.3) is 0 Å². The van der Waals surface area contributed by atoms with Crippen molar-refractivity contribution in [1.82, 2.24) is 5.32 Å². The van der Waals surface area contributed by atoms with E-state index < -0.39 is 5.41 Å². The fourth-order valence-electron chi connectivity index (χ4n) is 2.84. The van der Waals surface area contributed by atoms with Gasteiger partial charge >= 0.3 is 0 Å². The molecule has 1 amide bonds. The minimum absolute atomic E-state index is 0.0453. The van der Waals surface area contributed by atoms with E-state index in [4.69, 9.17) is 0 Å². The summed E-state index contributed by atoms with van der Waals surface area (Å²) in [6.45, 7) is 0.689. The van der Waals surface area contributed by atoms with Crippen molar-refractivity contribution in [3.8, 4) is 6.07 Å². The number of carbonyl (C=O) groups is 1. The van der Waals surface area contributed by atoms with E-state index in [1.807, 2.05) is 0 Å². The van der Waals surface area contributed by atoms with E-state index in [0.717, 1.165) is 32.1 Å². The molecule has 0 heterocycles. The van der Waals surface area contributed by atoms with Gasteiger partial charge in [0, 0.05) is 6.54 Å². The van der Waals surface area contributed by atoms with Crippen molar-refractivity contribution in [3.63, 3.8) is 0 Å². The molecule has 0 saturated heterocycles. The zero-order chi connectivity index (χ0) is 12.1. The van der Waals surface area contributed by atoms with Gasteiger partial charge in [-0.3, -0.25) is 4.79 Å². The van der Waals surface area contributed by atoms with Gasteiger partial charge in [-0.15, -0.1) is 0 Å². The Morgan fingerprint density at radius 2 is 2.18 bits per heavy atom. The highest BCUT2D eigenvalue weighted by Gasteiger charge is 2.41. The van der Waals surface area contributed by atoms with Gasteiger partial charge in [0.2, 0.25) is 5.91 Å². The monoisotopic (exact) mass is 232 g/mol. The SMILES string of the molecule is N#CC1(C(=O)NCCC2=CCCC2)CCCC1. The van der Waals surface area contributed by atoms with Gasteiger partial charge in [0.15, 0.2) is 0 Å². The fourth-order valence-corrected chi connectivity index (χ4v) is 2.84. The first kappa shape index (κ1) is 12.2. The molecule has 0 aromatic rings. The molecule has 2 aliphatic carbocycles. The van der Waals surface area contributed by atoms with Gasteiger partial charge < -0.3 is 5.32 Å². The van der Waals surface area contributed by atoms with Crippen LogP contribution in [0, 0.1) is 16.7 Å². The Labute approximate surface area is 103 Å². The maximum Gasteiger partial charge on any atom is 0.240 e. The van der Waals surface area contributed by atoms with Crippen LogP contribution in [-0.4, -0.2) is 12.5 Å². The number of amides is 1. The average Bonchev–Trinajstić information content (AvgIpc) is 3.00. The highest BCUT2D eigenvalue weighted by Crippen LogP contribution is 2.37. The van der Waals surface area contributed by atoms with Gasteiger partial charge in [-0.05, 0) is 38.5 Å². The van der Waals surface area contributed by atoms with Crippen LogP contribution in [-0.2, 0) is 4.79 Å². The van der Waals surface area contributed by atoms with Crippen LogP contribution in [0.5, 0.6) is 0 Å². The third-order valence-electron chi connectivity index (χ3n) is 3.97. The van der Waals surface area contributed by atoms with E-state index in [1.54, 1.807) is 0 Å². The molecule has 0 unspecified atom stereocenters. The molecule has 0 bridgehead atoms. The summed E-state index contributed by atoms with van der Waals surface area (Å²) in [5.74, 6) is -0.0453. The lowest BCUT2D eigenvalue weighted by Crippen LogP contribution is -2.38. The molecule has 0 aromatic heterocycles. The number of nitrogens with one attached hydrogen (secondary N) is 1. The standard InChI is InChI=1S/C14H20N2O/c15-11-14(8-3-4-9-14)13(17)16-10-7-12-5-1-2-6-12/h5H,1-4,6-10H2,(H,16,17). The van der Waals surface area contributed by atoms with Crippen LogP contribution in [0.1, 0.15) is 51.4 Å². The lowest BCUT2D eigenvalue weighted by Gasteiger charge is -2.19. The Balaban J connectivity index is 1.78. The predicted octanol–water partition coefficient (Wildman–Crippen LogP) is 2.69. The average molecular weight is 232 g/mol. The number of nitriles is 1. The second-order valence-corrected chi connectivity index (χ2v) is 5.16. The van der Waals surface area contributed by atoms with Crippen LogP contribution in [0.3, 0.4) is 0 Å². The molecular weight excluding hydrogens is 212 g/mol. The molecule has 0 aromatic carbocycles. The molecule has 0 atom stereocenters. The predicted molar refractivity (Wildman–Crippen MR) is 66.1 cm³/mol. The van der Waals surface area contributed by atoms with Crippen molar-refractivity contribution in [2.45, 2.75) is 51.4 Å². The van der Waals surface area contributed by atoms with Crippen LogP contribution in [0.15, 0.2) is 11.6 Å². The Hall–Kier alpha value is -1.30. The first-order valence-corrected chi connectivity index (χ1v) is 6.64. The zero-order valence-corrected chi connectivity index (χ0v) is 10.3. The quantitative estimate of drug-likeness (QED) is 0.758. The molecule has 3 heteroatoms. The number of hydrogen-bond acceptors (Lipinski definition) is 2. The minimum Gasteiger partial charge on any atom is -0.354 e. The van der Waals surface area contributed by atoms with E-state index in [1.165, 1.54) is 24.8 Å². The van der Waals surface area contributed by atoms with Crippen molar-refractivity contribution in [2.75, 3.05) is 6.54 Å². The Kier molecular flexibility index (Phi) is 3.83. The lowest BCUT2D eigenvalue weighted by atomic mass is 9.87. The molecule has 3 nitrogen and oxygen atoms in total. The van der Waals surface area contributed by atoms with Crippen LogP contribution < -0.4 is 5.32 Å². The van der Waals surface area contributed by atoms with Crippen molar-refractivity contribution < 1.29 is 4.79 Å². The number of carbonyl (C=O) groups excluding carboxylic acids is 1. The molecule has 92 valence electrons. The molecular formula is C14H20N2O. The second-order valence-electron chi connectivity index (χ2n) is 5.16. The van der Waals surface area contributed by atoms with Gasteiger partial charge in [-0.1, -0.05) is 24.5 Å². The summed E-state index contributed by atoms with van der Waals surface area (Å²) in [6, 6.07) is 2.23. The number of rotatable bonds is 4. The van der Waals surface area contributed by atoms with Crippen molar-refractivity contribution in [2.24, 2.45) is 5.41 Å². The number of hydrogen-bond donors (Lipinski definition) is 1. The van der Waals surface area contributed by atoms with E-state index in [0.29, 0.717) is 6.54 Å². The largest absolute Gasteiger partial charge is 0.354 e. The Morgan fingerprint density at radius 3 is 2.76 bits per heavy atom. The lowest BCUT2D eigenvalue weighted by molar-refractivity contribution is -0.127. The summed E-state index contributed by atoms with van der Waals surface area (Å²) in [4.78, 5) is 12.0. The van der Waals surface area contributed by atoms with Gasteiger partial charge in [0.1, 0.15) is 5.41 Å². The van der Waals surface area contributed by atoms with Crippen molar-refractivity contribution in [1.29, 1.82) is 5.26 Å². The molecule has 1 N–H and O–H groups in total. The molecule has 0 spiro atoms. The third-order valence-corrected chi connectivity index (χ3v) is 3.97. The van der Waals surface area contributed by atoms with E-state index in [9.17, 15) is 10.1 Å². The maximum absolute atomic E-state index is 12.0. The van der Waals surface area contributed by atoms with E-state index >= 15 is 0 Å².